The van der Waals surface area contributed by atoms with Crippen molar-refractivity contribution in [2.24, 2.45) is 5.73 Å². The molecule has 0 atom stereocenters. The van der Waals surface area contributed by atoms with Gasteiger partial charge in [-0.1, -0.05) is 11.6 Å². The van der Waals surface area contributed by atoms with Crippen LogP contribution >= 0.6 is 11.6 Å². The molecule has 1 saturated heterocycles. The van der Waals surface area contributed by atoms with Crippen LogP contribution in [-0.4, -0.2) is 82.0 Å². The molecule has 4 aromatic rings. The van der Waals surface area contributed by atoms with Gasteiger partial charge in [0.2, 0.25) is 0 Å². The predicted molar refractivity (Wildman–Crippen MR) is 159 cm³/mol. The number of carbonyl (C=O) groups excluding carboxylic acids is 2. The number of rotatable bonds is 8. The number of halogens is 2. The van der Waals surface area contributed by atoms with Crippen molar-refractivity contribution in [3.63, 3.8) is 0 Å². The fraction of sp³-hybridized carbons (Fsp3) is 0.276. The number of carbonyl (C=O) groups is 2. The number of ether oxygens (including phenoxy) is 1. The number of imidazole rings is 1. The van der Waals surface area contributed by atoms with Gasteiger partial charge in [0, 0.05) is 68.5 Å². The molecule has 222 valence electrons. The number of nitriles is 1. The van der Waals surface area contributed by atoms with Crippen LogP contribution in [0.25, 0.3) is 16.9 Å². The van der Waals surface area contributed by atoms with Crippen molar-refractivity contribution < 1.29 is 18.7 Å². The number of aryl methyl sites for hydroxylation is 1. The van der Waals surface area contributed by atoms with Crippen LogP contribution in [0.4, 0.5) is 20.7 Å². The van der Waals surface area contributed by atoms with Crippen LogP contribution in [-0.2, 0) is 0 Å². The van der Waals surface area contributed by atoms with Gasteiger partial charge in [0.15, 0.2) is 29.6 Å². The van der Waals surface area contributed by atoms with Crippen LogP contribution < -0.4 is 21.1 Å². The van der Waals surface area contributed by atoms with E-state index >= 15 is 0 Å². The molecule has 1 aliphatic heterocycles. The molecule has 2 aromatic carbocycles. The number of nitrogens with zero attached hydrogens (tertiary/aromatic N) is 6. The molecule has 12 nitrogen and oxygen atoms in total. The Morgan fingerprint density at radius 2 is 1.93 bits per heavy atom. The van der Waals surface area contributed by atoms with Gasteiger partial charge in [-0.05, 0) is 42.8 Å². The average Bonchev–Trinajstić information content (AvgIpc) is 3.45. The molecule has 0 bridgehead atoms. The zero-order valence-electron chi connectivity index (χ0n) is 23.3. The number of fused-ring (bicyclic) bond motifs is 1. The predicted octanol–water partition coefficient (Wildman–Crippen LogP) is 3.57. The summed E-state index contributed by atoms with van der Waals surface area (Å²) in [6.45, 7) is 4.10. The van der Waals surface area contributed by atoms with Crippen molar-refractivity contribution in [3.05, 3.63) is 70.9 Å². The van der Waals surface area contributed by atoms with Gasteiger partial charge in [0.05, 0.1) is 16.9 Å². The highest BCUT2D eigenvalue weighted by Gasteiger charge is 2.26. The van der Waals surface area contributed by atoms with Gasteiger partial charge in [-0.15, -0.1) is 0 Å². The summed E-state index contributed by atoms with van der Waals surface area (Å²) >= 11 is 6.33. The molecule has 4 N–H and O–H groups in total. The smallest absolute Gasteiger partial charge is 0.317 e. The molecule has 3 amide bonds. The van der Waals surface area contributed by atoms with E-state index in [1.54, 1.807) is 57.1 Å². The zero-order valence-corrected chi connectivity index (χ0v) is 24.1. The number of aromatic nitrogens is 3. The summed E-state index contributed by atoms with van der Waals surface area (Å²) in [7, 11) is 0. The lowest BCUT2D eigenvalue weighted by atomic mass is 10.1. The Morgan fingerprint density at radius 3 is 2.65 bits per heavy atom. The molecular weight excluding hydrogens is 577 g/mol. The Kier molecular flexibility index (Phi) is 8.89. The van der Waals surface area contributed by atoms with Crippen LogP contribution in [0.3, 0.4) is 0 Å². The maximum Gasteiger partial charge on any atom is 0.317 e. The van der Waals surface area contributed by atoms with Crippen molar-refractivity contribution >= 4 is 40.7 Å². The first-order chi connectivity index (χ1) is 20.8. The zero-order chi connectivity index (χ0) is 30.5. The second kappa shape index (κ2) is 12.9. The summed E-state index contributed by atoms with van der Waals surface area (Å²) in [4.78, 5) is 37.8. The van der Waals surface area contributed by atoms with E-state index in [1.165, 1.54) is 6.07 Å². The third-order valence-electron chi connectivity index (χ3n) is 7.04. The van der Waals surface area contributed by atoms with Crippen LogP contribution in [0.15, 0.2) is 48.9 Å². The van der Waals surface area contributed by atoms with Gasteiger partial charge in [0.1, 0.15) is 6.07 Å². The molecule has 0 spiro atoms. The Balaban J connectivity index is 1.31. The number of nitrogens with one attached hydrogen (secondary N) is 2. The van der Waals surface area contributed by atoms with Crippen molar-refractivity contribution in [2.45, 2.75) is 6.92 Å². The highest BCUT2D eigenvalue weighted by Crippen LogP contribution is 2.36. The molecular formula is C29H29ClFN9O3. The number of urea groups is 1. The summed E-state index contributed by atoms with van der Waals surface area (Å²) < 4.78 is 21.6. The Morgan fingerprint density at radius 1 is 1.16 bits per heavy atom. The van der Waals surface area contributed by atoms with E-state index in [0.717, 1.165) is 5.56 Å². The van der Waals surface area contributed by atoms with E-state index in [2.05, 4.69) is 20.6 Å². The van der Waals surface area contributed by atoms with Gasteiger partial charge in [-0.2, -0.15) is 5.26 Å². The van der Waals surface area contributed by atoms with Crippen molar-refractivity contribution in [1.82, 2.24) is 29.5 Å². The van der Waals surface area contributed by atoms with Crippen LogP contribution in [0.2, 0.25) is 5.02 Å². The summed E-state index contributed by atoms with van der Waals surface area (Å²) in [5.41, 5.74) is 8.89. The van der Waals surface area contributed by atoms with E-state index in [9.17, 15) is 14.0 Å². The van der Waals surface area contributed by atoms with Gasteiger partial charge < -0.3 is 30.9 Å². The minimum atomic E-state index is -0.767. The highest BCUT2D eigenvalue weighted by molar-refractivity contribution is 6.33. The van der Waals surface area contributed by atoms with Gasteiger partial charge in [-0.3, -0.25) is 9.20 Å². The van der Waals surface area contributed by atoms with E-state index < -0.39 is 5.82 Å². The van der Waals surface area contributed by atoms with Crippen LogP contribution in [0.5, 0.6) is 5.75 Å². The summed E-state index contributed by atoms with van der Waals surface area (Å²) in [5.74, 6) is -0.533. The lowest BCUT2D eigenvalue weighted by Crippen LogP contribution is -2.53. The normalized spacial score (nSPS) is 13.1. The standard InChI is InChI=1S/C29H29ClFN9O3/c1-18-16-19(2-3-20(18)28(41)38-11-13-39(14-12-38)29(42)35-8-6-32)37-26-27-36-17-22(40(27)10-9-34-26)21-4-5-23(43-15-7-33)25(31)24(21)30/h2-5,9-10,16-17H,6,8,11-15,32H2,1H3,(H,34,37)(H,35,42). The maximum atomic E-state index is 14.8. The Labute approximate surface area is 251 Å². The van der Waals surface area contributed by atoms with E-state index in [0.29, 0.717) is 73.2 Å². The lowest BCUT2D eigenvalue weighted by molar-refractivity contribution is 0.0664. The number of benzene rings is 2. The largest absolute Gasteiger partial charge is 0.476 e. The third kappa shape index (κ3) is 6.15. The number of anilines is 2. The third-order valence-corrected chi connectivity index (χ3v) is 7.41. The first-order valence-electron chi connectivity index (χ1n) is 13.5. The van der Waals surface area contributed by atoms with E-state index in [1.807, 2.05) is 13.0 Å². The van der Waals surface area contributed by atoms with Crippen molar-refractivity contribution in [1.29, 1.82) is 5.26 Å². The number of nitrogens with two attached hydrogens (primary N) is 1. The molecule has 0 saturated carbocycles. The molecule has 1 fully saturated rings. The monoisotopic (exact) mass is 605 g/mol. The first kappa shape index (κ1) is 29.6. The first-order valence-corrected chi connectivity index (χ1v) is 13.9. The molecule has 14 heteroatoms. The van der Waals surface area contributed by atoms with Crippen molar-refractivity contribution in [3.8, 4) is 23.1 Å². The Hall–Kier alpha value is -4.93. The highest BCUT2D eigenvalue weighted by atomic mass is 35.5. The van der Waals surface area contributed by atoms with Gasteiger partial charge in [-0.25, -0.2) is 19.2 Å². The molecule has 0 radical (unpaired) electrons. The maximum absolute atomic E-state index is 14.8. The fourth-order valence-electron chi connectivity index (χ4n) is 4.85. The Bertz CT molecular complexity index is 1710. The summed E-state index contributed by atoms with van der Waals surface area (Å²) in [5, 5.41) is 14.6. The molecule has 3 heterocycles. The molecule has 43 heavy (non-hydrogen) atoms. The minimum Gasteiger partial charge on any atom is -0.476 e. The van der Waals surface area contributed by atoms with Crippen LogP contribution in [0.1, 0.15) is 15.9 Å². The average molecular weight is 606 g/mol. The van der Waals surface area contributed by atoms with E-state index in [-0.39, 0.29) is 29.3 Å². The van der Waals surface area contributed by atoms with Gasteiger partial charge >= 0.3 is 6.03 Å². The molecule has 2 aromatic heterocycles. The topological polar surface area (TPSA) is 154 Å². The number of piperazine rings is 1. The molecule has 0 aliphatic carbocycles. The van der Waals surface area contributed by atoms with E-state index in [4.69, 9.17) is 27.3 Å². The summed E-state index contributed by atoms with van der Waals surface area (Å²) in [6.07, 6.45) is 4.83. The quantitative estimate of drug-likeness (QED) is 0.275. The molecule has 0 unspecified atom stereocenters. The van der Waals surface area contributed by atoms with Crippen molar-refractivity contribution in [2.75, 3.05) is 51.2 Å². The summed E-state index contributed by atoms with van der Waals surface area (Å²) in [6, 6.07) is 10.0. The van der Waals surface area contributed by atoms with Gasteiger partial charge in [0.25, 0.3) is 5.91 Å². The fourth-order valence-corrected chi connectivity index (χ4v) is 5.10. The van der Waals surface area contributed by atoms with Crippen LogP contribution in [0, 0.1) is 24.1 Å². The molecule has 5 rings (SSSR count). The minimum absolute atomic E-state index is 0.0997. The molecule has 1 aliphatic rings. The number of hydrogen-bond acceptors (Lipinski definition) is 8. The second-order valence-corrected chi connectivity index (χ2v) is 10.1. The number of amides is 3. The lowest BCUT2D eigenvalue weighted by Gasteiger charge is -2.35. The SMILES string of the molecule is Cc1cc(Nc2nccn3c(-c4ccc(OCC#N)c(F)c4Cl)cnc23)ccc1C(=O)N1CCN(C(=O)NCCN)CC1. The number of hydrogen-bond donors (Lipinski definition) is 3. The second-order valence-electron chi connectivity index (χ2n) is 9.75.